The number of hydrogen-bond acceptors (Lipinski definition) is 4. The lowest BCUT2D eigenvalue weighted by atomic mass is 10.4. The lowest BCUT2D eigenvalue weighted by Crippen LogP contribution is -1.95. The van der Waals surface area contributed by atoms with E-state index in [4.69, 9.17) is 5.26 Å². The highest BCUT2D eigenvalue weighted by atomic mass is 32.1. The van der Waals surface area contributed by atoms with Gasteiger partial charge in [0.1, 0.15) is 10.9 Å². The van der Waals surface area contributed by atoms with Gasteiger partial charge < -0.3 is 5.32 Å². The maximum Gasteiger partial charge on any atom is 0.110 e. The highest BCUT2D eigenvalue weighted by Crippen LogP contribution is 2.16. The van der Waals surface area contributed by atoms with Gasteiger partial charge in [0.05, 0.1) is 11.9 Å². The van der Waals surface area contributed by atoms with E-state index in [0.717, 1.165) is 22.0 Å². The zero-order valence-corrected chi connectivity index (χ0v) is 9.08. The molecule has 0 amide bonds. The van der Waals surface area contributed by atoms with Crippen LogP contribution in [0.4, 0.5) is 5.69 Å². The first kappa shape index (κ1) is 9.74. The van der Waals surface area contributed by atoms with E-state index in [9.17, 15) is 0 Å². The van der Waals surface area contributed by atoms with E-state index in [1.54, 1.807) is 10.9 Å². The van der Waals surface area contributed by atoms with Crippen LogP contribution in [-0.4, -0.2) is 9.78 Å². The number of thiophene rings is 1. The summed E-state index contributed by atoms with van der Waals surface area (Å²) in [5, 5.41) is 16.0. The maximum atomic E-state index is 8.67. The molecule has 2 aromatic rings. The van der Waals surface area contributed by atoms with Crippen LogP contribution in [0.1, 0.15) is 9.75 Å². The summed E-state index contributed by atoms with van der Waals surface area (Å²) < 4.78 is 1.75. The minimum absolute atomic E-state index is 0.734. The Morgan fingerprint density at radius 2 is 2.47 bits per heavy atom. The molecule has 2 rings (SSSR count). The van der Waals surface area contributed by atoms with Crippen molar-refractivity contribution in [2.24, 2.45) is 7.05 Å². The van der Waals surface area contributed by atoms with Crippen molar-refractivity contribution in [3.05, 3.63) is 34.3 Å². The van der Waals surface area contributed by atoms with Crippen molar-refractivity contribution in [2.45, 2.75) is 6.54 Å². The number of aromatic nitrogens is 2. The van der Waals surface area contributed by atoms with Crippen molar-refractivity contribution in [1.82, 2.24) is 9.78 Å². The largest absolute Gasteiger partial charge is 0.378 e. The smallest absolute Gasteiger partial charge is 0.110 e. The van der Waals surface area contributed by atoms with Gasteiger partial charge in [0, 0.05) is 24.7 Å². The Labute approximate surface area is 91.8 Å². The summed E-state index contributed by atoms with van der Waals surface area (Å²) in [4.78, 5) is 1.90. The molecule has 0 aliphatic heterocycles. The molecule has 0 aromatic carbocycles. The molecule has 0 unspecified atom stereocenters. The number of nitrogens with zero attached hydrogens (tertiary/aromatic N) is 3. The quantitative estimate of drug-likeness (QED) is 0.856. The molecule has 0 saturated carbocycles. The zero-order valence-electron chi connectivity index (χ0n) is 8.27. The van der Waals surface area contributed by atoms with Gasteiger partial charge in [-0.3, -0.25) is 4.68 Å². The normalized spacial score (nSPS) is 9.87. The molecule has 2 heterocycles. The second-order valence-corrected chi connectivity index (χ2v) is 4.30. The highest BCUT2D eigenvalue weighted by Gasteiger charge is 1.99. The van der Waals surface area contributed by atoms with E-state index in [2.05, 4.69) is 16.5 Å². The van der Waals surface area contributed by atoms with E-state index >= 15 is 0 Å². The number of hydrogen-bond donors (Lipinski definition) is 1. The van der Waals surface area contributed by atoms with Crippen LogP contribution < -0.4 is 5.32 Å². The van der Waals surface area contributed by atoms with E-state index in [1.807, 2.05) is 25.4 Å². The van der Waals surface area contributed by atoms with Gasteiger partial charge in [0.2, 0.25) is 0 Å². The van der Waals surface area contributed by atoms with Gasteiger partial charge in [-0.05, 0) is 12.1 Å². The molecular weight excluding hydrogens is 208 g/mol. The van der Waals surface area contributed by atoms with Crippen molar-refractivity contribution >= 4 is 17.0 Å². The summed E-state index contributed by atoms with van der Waals surface area (Å²) in [7, 11) is 1.88. The van der Waals surface area contributed by atoms with Gasteiger partial charge in [-0.15, -0.1) is 11.3 Å². The molecule has 0 radical (unpaired) electrons. The van der Waals surface area contributed by atoms with Gasteiger partial charge >= 0.3 is 0 Å². The molecular formula is C10H10N4S. The van der Waals surface area contributed by atoms with Crippen LogP contribution in [-0.2, 0) is 13.6 Å². The Hall–Kier alpha value is -1.80. The Balaban J connectivity index is 1.96. The summed E-state index contributed by atoms with van der Waals surface area (Å²) in [5.74, 6) is 0. The van der Waals surface area contributed by atoms with Crippen molar-refractivity contribution in [3.8, 4) is 6.07 Å². The summed E-state index contributed by atoms with van der Waals surface area (Å²) in [6.07, 6.45) is 3.69. The number of aryl methyl sites for hydroxylation is 1. The predicted octanol–water partition coefficient (Wildman–Crippen LogP) is 1.97. The average molecular weight is 218 g/mol. The SMILES string of the molecule is Cn1cc(NCc2ccc(C#N)s2)cn1. The third-order valence-electron chi connectivity index (χ3n) is 1.94. The van der Waals surface area contributed by atoms with Crippen LogP contribution in [0, 0.1) is 11.3 Å². The number of nitrogens with one attached hydrogen (secondary N) is 1. The van der Waals surface area contributed by atoms with Crippen molar-refractivity contribution in [2.75, 3.05) is 5.32 Å². The van der Waals surface area contributed by atoms with Crippen LogP contribution in [0.3, 0.4) is 0 Å². The molecule has 0 atom stereocenters. The summed E-state index contributed by atoms with van der Waals surface area (Å²) in [5.41, 5.74) is 0.990. The van der Waals surface area contributed by atoms with E-state index in [0.29, 0.717) is 0 Å². The molecule has 4 nitrogen and oxygen atoms in total. The zero-order chi connectivity index (χ0) is 10.7. The van der Waals surface area contributed by atoms with E-state index in [1.165, 1.54) is 11.3 Å². The van der Waals surface area contributed by atoms with Crippen LogP contribution in [0.2, 0.25) is 0 Å². The van der Waals surface area contributed by atoms with Crippen LogP contribution in [0.15, 0.2) is 24.5 Å². The van der Waals surface area contributed by atoms with Gasteiger partial charge in [0.25, 0.3) is 0 Å². The molecule has 5 heteroatoms. The molecule has 76 valence electrons. The third kappa shape index (κ3) is 2.36. The second-order valence-electron chi connectivity index (χ2n) is 3.13. The third-order valence-corrected chi connectivity index (χ3v) is 2.93. The fraction of sp³-hybridized carbons (Fsp3) is 0.200. The fourth-order valence-corrected chi connectivity index (χ4v) is 1.98. The van der Waals surface area contributed by atoms with Gasteiger partial charge in [-0.25, -0.2) is 0 Å². The van der Waals surface area contributed by atoms with Crippen molar-refractivity contribution in [1.29, 1.82) is 5.26 Å². The molecule has 15 heavy (non-hydrogen) atoms. The van der Waals surface area contributed by atoms with Gasteiger partial charge in [-0.2, -0.15) is 10.4 Å². The molecule has 0 aliphatic carbocycles. The highest BCUT2D eigenvalue weighted by molar-refractivity contribution is 7.12. The molecule has 0 fully saturated rings. The Morgan fingerprint density at radius 1 is 1.60 bits per heavy atom. The Bertz CT molecular complexity index is 491. The Morgan fingerprint density at radius 3 is 3.07 bits per heavy atom. The van der Waals surface area contributed by atoms with Gasteiger partial charge in [-0.1, -0.05) is 0 Å². The fourth-order valence-electron chi connectivity index (χ4n) is 1.23. The Kier molecular flexibility index (Phi) is 2.70. The first-order valence-electron chi connectivity index (χ1n) is 4.49. The van der Waals surface area contributed by atoms with E-state index in [-0.39, 0.29) is 0 Å². The lowest BCUT2D eigenvalue weighted by Gasteiger charge is -1.99. The summed E-state index contributed by atoms with van der Waals surface area (Å²) >= 11 is 1.51. The van der Waals surface area contributed by atoms with Gasteiger partial charge in [0.15, 0.2) is 0 Å². The number of nitriles is 1. The average Bonchev–Trinajstić information content (AvgIpc) is 2.83. The molecule has 0 spiro atoms. The standard InChI is InChI=1S/C10H10N4S/c1-14-7-8(5-13-14)12-6-10-3-2-9(4-11)15-10/h2-3,5,7,12H,6H2,1H3. The minimum Gasteiger partial charge on any atom is -0.378 e. The van der Waals surface area contributed by atoms with Crippen molar-refractivity contribution < 1.29 is 0 Å². The summed E-state index contributed by atoms with van der Waals surface area (Å²) in [6.45, 7) is 0.734. The molecule has 1 N–H and O–H groups in total. The predicted molar refractivity (Wildman–Crippen MR) is 59.6 cm³/mol. The van der Waals surface area contributed by atoms with Crippen LogP contribution in [0.25, 0.3) is 0 Å². The monoisotopic (exact) mass is 218 g/mol. The topological polar surface area (TPSA) is 53.6 Å². The maximum absolute atomic E-state index is 8.67. The molecule has 0 bridgehead atoms. The van der Waals surface area contributed by atoms with E-state index < -0.39 is 0 Å². The van der Waals surface area contributed by atoms with Crippen LogP contribution >= 0.6 is 11.3 Å². The lowest BCUT2D eigenvalue weighted by molar-refractivity contribution is 0.768. The molecule has 0 aliphatic rings. The molecule has 0 saturated heterocycles. The number of anilines is 1. The first-order valence-corrected chi connectivity index (χ1v) is 5.31. The number of rotatable bonds is 3. The first-order chi connectivity index (χ1) is 7.28. The summed E-state index contributed by atoms with van der Waals surface area (Å²) in [6, 6.07) is 5.93. The minimum atomic E-state index is 0.734. The van der Waals surface area contributed by atoms with Crippen molar-refractivity contribution in [3.63, 3.8) is 0 Å². The molecule has 2 aromatic heterocycles. The van der Waals surface area contributed by atoms with Crippen LogP contribution in [0.5, 0.6) is 0 Å². The second kappa shape index (κ2) is 4.15.